The van der Waals surface area contributed by atoms with Crippen LogP contribution >= 0.6 is 0 Å². The summed E-state index contributed by atoms with van der Waals surface area (Å²) in [6.45, 7) is 2.77. The Morgan fingerprint density at radius 1 is 1.23 bits per heavy atom. The van der Waals surface area contributed by atoms with E-state index in [1.807, 2.05) is 6.92 Å². The standard InChI is InChI=1S/C10H21NO2/c1-10(7-12,8-13)11-6-9-4-2-3-5-9/h9,11-13H,2-8H2,1H3. The van der Waals surface area contributed by atoms with Gasteiger partial charge in [-0.3, -0.25) is 0 Å². The molecule has 78 valence electrons. The van der Waals surface area contributed by atoms with Crippen LogP contribution in [0.3, 0.4) is 0 Å². The quantitative estimate of drug-likeness (QED) is 0.588. The zero-order valence-electron chi connectivity index (χ0n) is 8.42. The molecular formula is C10H21NO2. The van der Waals surface area contributed by atoms with Crippen LogP contribution in [0.15, 0.2) is 0 Å². The molecule has 1 saturated carbocycles. The molecule has 1 fully saturated rings. The molecule has 0 spiro atoms. The maximum absolute atomic E-state index is 9.04. The van der Waals surface area contributed by atoms with Gasteiger partial charge in [0.15, 0.2) is 0 Å². The van der Waals surface area contributed by atoms with Gasteiger partial charge in [0.1, 0.15) is 0 Å². The molecular weight excluding hydrogens is 166 g/mol. The Labute approximate surface area is 80.2 Å². The smallest absolute Gasteiger partial charge is 0.0633 e. The molecule has 1 aliphatic carbocycles. The lowest BCUT2D eigenvalue weighted by Crippen LogP contribution is -2.50. The van der Waals surface area contributed by atoms with Crippen LogP contribution < -0.4 is 5.32 Å². The Morgan fingerprint density at radius 2 is 1.77 bits per heavy atom. The summed E-state index contributed by atoms with van der Waals surface area (Å²) in [6.07, 6.45) is 5.25. The number of nitrogens with one attached hydrogen (secondary N) is 1. The van der Waals surface area contributed by atoms with E-state index in [9.17, 15) is 0 Å². The van der Waals surface area contributed by atoms with Crippen LogP contribution in [0.1, 0.15) is 32.6 Å². The van der Waals surface area contributed by atoms with Gasteiger partial charge in [-0.05, 0) is 32.2 Å². The summed E-state index contributed by atoms with van der Waals surface area (Å²) < 4.78 is 0. The van der Waals surface area contributed by atoms with Crippen molar-refractivity contribution in [3.05, 3.63) is 0 Å². The van der Waals surface area contributed by atoms with Crippen LogP contribution in [0.25, 0.3) is 0 Å². The third kappa shape index (κ3) is 3.25. The van der Waals surface area contributed by atoms with Gasteiger partial charge in [-0.1, -0.05) is 12.8 Å². The Hall–Kier alpha value is -0.120. The highest BCUT2D eigenvalue weighted by atomic mass is 16.3. The summed E-state index contributed by atoms with van der Waals surface area (Å²) in [6, 6.07) is 0. The molecule has 0 atom stereocenters. The van der Waals surface area contributed by atoms with E-state index in [-0.39, 0.29) is 13.2 Å². The van der Waals surface area contributed by atoms with Crippen LogP contribution in [-0.2, 0) is 0 Å². The van der Waals surface area contributed by atoms with Gasteiger partial charge in [-0.15, -0.1) is 0 Å². The number of aliphatic hydroxyl groups excluding tert-OH is 2. The molecule has 0 radical (unpaired) electrons. The number of rotatable bonds is 5. The van der Waals surface area contributed by atoms with E-state index in [0.29, 0.717) is 0 Å². The van der Waals surface area contributed by atoms with E-state index in [1.165, 1.54) is 25.7 Å². The van der Waals surface area contributed by atoms with Gasteiger partial charge in [-0.25, -0.2) is 0 Å². The van der Waals surface area contributed by atoms with Crippen molar-refractivity contribution in [1.82, 2.24) is 5.32 Å². The van der Waals surface area contributed by atoms with Crippen molar-refractivity contribution < 1.29 is 10.2 Å². The van der Waals surface area contributed by atoms with Crippen LogP contribution in [-0.4, -0.2) is 35.5 Å². The lowest BCUT2D eigenvalue weighted by molar-refractivity contribution is 0.101. The van der Waals surface area contributed by atoms with Crippen molar-refractivity contribution in [2.75, 3.05) is 19.8 Å². The minimum absolute atomic E-state index is 0.00375. The average Bonchev–Trinajstić information content (AvgIpc) is 2.67. The van der Waals surface area contributed by atoms with E-state index in [1.54, 1.807) is 0 Å². The van der Waals surface area contributed by atoms with E-state index in [2.05, 4.69) is 5.32 Å². The fourth-order valence-corrected chi connectivity index (χ4v) is 1.77. The summed E-state index contributed by atoms with van der Waals surface area (Å²) >= 11 is 0. The first-order valence-corrected chi connectivity index (χ1v) is 5.17. The molecule has 3 N–H and O–H groups in total. The first kappa shape index (κ1) is 11.0. The lowest BCUT2D eigenvalue weighted by Gasteiger charge is -2.27. The van der Waals surface area contributed by atoms with Gasteiger partial charge in [-0.2, -0.15) is 0 Å². The van der Waals surface area contributed by atoms with Gasteiger partial charge < -0.3 is 15.5 Å². The first-order chi connectivity index (χ1) is 6.20. The fraction of sp³-hybridized carbons (Fsp3) is 1.00. The fourth-order valence-electron chi connectivity index (χ4n) is 1.77. The number of hydrogen-bond acceptors (Lipinski definition) is 3. The Morgan fingerprint density at radius 3 is 2.23 bits per heavy atom. The topological polar surface area (TPSA) is 52.5 Å². The summed E-state index contributed by atoms with van der Waals surface area (Å²) in [5.74, 6) is 0.748. The zero-order valence-corrected chi connectivity index (χ0v) is 8.42. The number of aliphatic hydroxyl groups is 2. The second-order valence-electron chi connectivity index (χ2n) is 4.41. The third-order valence-electron chi connectivity index (χ3n) is 2.99. The van der Waals surface area contributed by atoms with Gasteiger partial charge in [0.2, 0.25) is 0 Å². The van der Waals surface area contributed by atoms with Crippen molar-refractivity contribution in [2.24, 2.45) is 5.92 Å². The molecule has 0 aliphatic heterocycles. The summed E-state index contributed by atoms with van der Waals surface area (Å²) in [5, 5.41) is 21.3. The van der Waals surface area contributed by atoms with Crippen LogP contribution in [0.2, 0.25) is 0 Å². The third-order valence-corrected chi connectivity index (χ3v) is 2.99. The molecule has 13 heavy (non-hydrogen) atoms. The summed E-state index contributed by atoms with van der Waals surface area (Å²) in [5.41, 5.74) is -0.497. The molecule has 0 aromatic carbocycles. The van der Waals surface area contributed by atoms with E-state index >= 15 is 0 Å². The second kappa shape index (κ2) is 4.94. The van der Waals surface area contributed by atoms with Crippen molar-refractivity contribution in [1.29, 1.82) is 0 Å². The summed E-state index contributed by atoms with van der Waals surface area (Å²) in [4.78, 5) is 0. The minimum Gasteiger partial charge on any atom is -0.394 e. The van der Waals surface area contributed by atoms with Crippen LogP contribution in [0.4, 0.5) is 0 Å². The van der Waals surface area contributed by atoms with Gasteiger partial charge in [0.05, 0.1) is 18.8 Å². The molecule has 0 heterocycles. The molecule has 0 aromatic heterocycles. The minimum atomic E-state index is -0.497. The van der Waals surface area contributed by atoms with Crippen LogP contribution in [0.5, 0.6) is 0 Å². The molecule has 1 rings (SSSR count). The number of hydrogen-bond donors (Lipinski definition) is 3. The normalized spacial score (nSPS) is 19.6. The highest BCUT2D eigenvalue weighted by molar-refractivity contribution is 4.83. The molecule has 3 heteroatoms. The maximum Gasteiger partial charge on any atom is 0.0633 e. The average molecular weight is 187 g/mol. The zero-order chi connectivity index (χ0) is 9.73. The van der Waals surface area contributed by atoms with Crippen molar-refractivity contribution in [2.45, 2.75) is 38.1 Å². The highest BCUT2D eigenvalue weighted by Crippen LogP contribution is 2.24. The SMILES string of the molecule is CC(CO)(CO)NCC1CCCC1. The molecule has 0 unspecified atom stereocenters. The highest BCUT2D eigenvalue weighted by Gasteiger charge is 2.24. The van der Waals surface area contributed by atoms with Crippen molar-refractivity contribution in [3.8, 4) is 0 Å². The maximum atomic E-state index is 9.04. The Bertz CT molecular complexity index is 140. The molecule has 3 nitrogen and oxygen atoms in total. The van der Waals surface area contributed by atoms with Crippen molar-refractivity contribution in [3.63, 3.8) is 0 Å². The van der Waals surface area contributed by atoms with E-state index in [0.717, 1.165) is 12.5 Å². The van der Waals surface area contributed by atoms with Gasteiger partial charge in [0.25, 0.3) is 0 Å². The molecule has 0 bridgehead atoms. The van der Waals surface area contributed by atoms with Gasteiger partial charge in [0, 0.05) is 0 Å². The molecule has 1 aliphatic rings. The predicted molar refractivity (Wildman–Crippen MR) is 52.5 cm³/mol. The molecule has 0 saturated heterocycles. The Balaban J connectivity index is 2.22. The molecule has 0 aromatic rings. The first-order valence-electron chi connectivity index (χ1n) is 5.17. The monoisotopic (exact) mass is 187 g/mol. The van der Waals surface area contributed by atoms with Gasteiger partial charge >= 0.3 is 0 Å². The summed E-state index contributed by atoms with van der Waals surface area (Å²) in [7, 11) is 0. The van der Waals surface area contributed by atoms with E-state index < -0.39 is 5.54 Å². The lowest BCUT2D eigenvalue weighted by atomic mass is 10.0. The van der Waals surface area contributed by atoms with E-state index in [4.69, 9.17) is 10.2 Å². The predicted octanol–water partition coefficient (Wildman–Crippen LogP) is 0.509. The van der Waals surface area contributed by atoms with Crippen molar-refractivity contribution >= 4 is 0 Å². The van der Waals surface area contributed by atoms with Crippen LogP contribution in [0, 0.1) is 5.92 Å². The Kier molecular flexibility index (Phi) is 4.16. The largest absolute Gasteiger partial charge is 0.394 e. The second-order valence-corrected chi connectivity index (χ2v) is 4.41. The molecule has 0 amide bonds.